The van der Waals surface area contributed by atoms with Crippen LogP contribution in [-0.4, -0.2) is 31.8 Å². The van der Waals surface area contributed by atoms with Gasteiger partial charge in [-0.05, 0) is 13.3 Å². The normalized spacial score (nSPS) is 16.4. The van der Waals surface area contributed by atoms with Crippen molar-refractivity contribution in [3.8, 4) is 11.5 Å². The molecule has 0 saturated carbocycles. The lowest BCUT2D eigenvalue weighted by atomic mass is 10.0. The molecule has 1 unspecified atom stereocenters. The van der Waals surface area contributed by atoms with Crippen molar-refractivity contribution in [3.05, 3.63) is 12.1 Å². The molecule has 1 aliphatic heterocycles. The summed E-state index contributed by atoms with van der Waals surface area (Å²) in [5.41, 5.74) is 5.96. The van der Waals surface area contributed by atoms with E-state index in [0.29, 0.717) is 42.5 Å². The van der Waals surface area contributed by atoms with Crippen molar-refractivity contribution in [2.24, 2.45) is 0 Å². The number of fused-ring (bicyclic) bond motifs is 1. The Hall–Kier alpha value is -1.95. The quantitative estimate of drug-likeness (QED) is 0.822. The fourth-order valence-electron chi connectivity index (χ4n) is 1.86. The molecule has 0 aliphatic carbocycles. The number of rotatable bonds is 4. The average Bonchev–Trinajstić information content (AvgIpc) is 2.47. The number of nitrogens with two attached hydrogens (primary N) is 1. The van der Waals surface area contributed by atoms with Gasteiger partial charge in [0.25, 0.3) is 5.91 Å². The van der Waals surface area contributed by atoms with Gasteiger partial charge in [0.2, 0.25) is 0 Å². The lowest BCUT2D eigenvalue weighted by molar-refractivity contribution is -0.136. The van der Waals surface area contributed by atoms with Gasteiger partial charge in [0, 0.05) is 19.2 Å². The molecule has 1 atom stereocenters. The molecule has 0 radical (unpaired) electrons. The fourth-order valence-corrected chi connectivity index (χ4v) is 1.86. The van der Waals surface area contributed by atoms with Crippen LogP contribution in [0.25, 0.3) is 0 Å². The van der Waals surface area contributed by atoms with Crippen molar-refractivity contribution in [1.82, 2.24) is 0 Å². The predicted octanol–water partition coefficient (Wildman–Crippen LogP) is 1.79. The molecule has 0 saturated heterocycles. The molecule has 3 N–H and O–H groups in total. The summed E-state index contributed by atoms with van der Waals surface area (Å²) >= 11 is 0. The Labute approximate surface area is 118 Å². The Balaban J connectivity index is 2.23. The minimum atomic E-state index is -0.889. The Morgan fingerprint density at radius 1 is 1.40 bits per heavy atom. The van der Waals surface area contributed by atoms with Gasteiger partial charge >= 0.3 is 0 Å². The number of methoxy groups -OCH3 is 1. The second-order valence-corrected chi connectivity index (χ2v) is 4.83. The third-order valence-electron chi connectivity index (χ3n) is 3.57. The minimum absolute atomic E-state index is 0.245. The van der Waals surface area contributed by atoms with Crippen molar-refractivity contribution < 1.29 is 19.0 Å². The maximum absolute atomic E-state index is 12.3. The van der Waals surface area contributed by atoms with Crippen molar-refractivity contribution >= 4 is 17.3 Å². The molecule has 6 nitrogen and oxygen atoms in total. The zero-order valence-corrected chi connectivity index (χ0v) is 12.0. The predicted molar refractivity (Wildman–Crippen MR) is 76.2 cm³/mol. The number of carbonyl (C=O) groups excluding carboxylic acids is 1. The number of ether oxygens (including phenoxy) is 3. The van der Waals surface area contributed by atoms with Crippen LogP contribution in [0.3, 0.4) is 0 Å². The summed E-state index contributed by atoms with van der Waals surface area (Å²) in [6.07, 6.45) is 0.555. The first-order valence-corrected chi connectivity index (χ1v) is 6.56. The summed E-state index contributed by atoms with van der Waals surface area (Å²) in [7, 11) is 1.51. The third-order valence-corrected chi connectivity index (χ3v) is 3.57. The molecule has 110 valence electrons. The average molecular weight is 280 g/mol. The van der Waals surface area contributed by atoms with E-state index < -0.39 is 5.60 Å². The van der Waals surface area contributed by atoms with E-state index in [2.05, 4.69) is 5.32 Å². The monoisotopic (exact) mass is 280 g/mol. The fraction of sp³-hybridized carbons (Fsp3) is 0.500. The Kier molecular flexibility index (Phi) is 4.04. The molecule has 1 aliphatic rings. The molecule has 1 aromatic rings. The van der Waals surface area contributed by atoms with Gasteiger partial charge in [-0.25, -0.2) is 0 Å². The number of anilines is 2. The van der Waals surface area contributed by atoms with Gasteiger partial charge in [0.1, 0.15) is 18.8 Å². The molecular weight excluding hydrogens is 260 g/mol. The zero-order chi connectivity index (χ0) is 14.8. The van der Waals surface area contributed by atoms with Gasteiger partial charge in [-0.1, -0.05) is 6.92 Å². The smallest absolute Gasteiger partial charge is 0.256 e. The molecule has 6 heteroatoms. The first-order valence-electron chi connectivity index (χ1n) is 6.56. The topological polar surface area (TPSA) is 82.8 Å². The van der Waals surface area contributed by atoms with Crippen LogP contribution in [0.2, 0.25) is 0 Å². The lowest BCUT2D eigenvalue weighted by Crippen LogP contribution is -2.41. The Morgan fingerprint density at radius 2 is 2.00 bits per heavy atom. The van der Waals surface area contributed by atoms with E-state index in [0.717, 1.165) is 0 Å². The van der Waals surface area contributed by atoms with Crippen LogP contribution in [0, 0.1) is 0 Å². The van der Waals surface area contributed by atoms with Crippen LogP contribution in [0.1, 0.15) is 20.3 Å². The number of carbonyl (C=O) groups is 1. The molecular formula is C14H20N2O4. The van der Waals surface area contributed by atoms with Crippen LogP contribution >= 0.6 is 0 Å². The molecule has 0 bridgehead atoms. The number of hydrogen-bond acceptors (Lipinski definition) is 5. The molecule has 1 heterocycles. The molecule has 0 fully saturated rings. The molecule has 0 aromatic heterocycles. The van der Waals surface area contributed by atoms with Crippen LogP contribution in [0.4, 0.5) is 11.4 Å². The van der Waals surface area contributed by atoms with Crippen LogP contribution in [0.15, 0.2) is 12.1 Å². The third kappa shape index (κ3) is 2.65. The second kappa shape index (κ2) is 5.58. The van der Waals surface area contributed by atoms with Gasteiger partial charge in [0.15, 0.2) is 11.5 Å². The van der Waals surface area contributed by atoms with Gasteiger partial charge in [-0.3, -0.25) is 4.79 Å². The highest BCUT2D eigenvalue weighted by atomic mass is 16.6. The van der Waals surface area contributed by atoms with E-state index >= 15 is 0 Å². The van der Waals surface area contributed by atoms with E-state index in [1.165, 1.54) is 7.11 Å². The second-order valence-electron chi connectivity index (χ2n) is 4.83. The summed E-state index contributed by atoms with van der Waals surface area (Å²) in [6, 6.07) is 3.33. The first-order chi connectivity index (χ1) is 9.50. The van der Waals surface area contributed by atoms with Gasteiger partial charge in [-0.15, -0.1) is 0 Å². The van der Waals surface area contributed by atoms with Gasteiger partial charge in [-0.2, -0.15) is 0 Å². The summed E-state index contributed by atoms with van der Waals surface area (Å²) in [5.74, 6) is 0.930. The Bertz CT molecular complexity index is 512. The van der Waals surface area contributed by atoms with Crippen molar-refractivity contribution in [2.75, 3.05) is 31.4 Å². The van der Waals surface area contributed by atoms with Crippen molar-refractivity contribution in [2.45, 2.75) is 25.9 Å². The van der Waals surface area contributed by atoms with E-state index in [1.54, 1.807) is 19.1 Å². The standard InChI is InChI=1S/C14H20N2O4/c1-4-14(2,18-3)13(17)16-10-8-12-11(7-9(10)15)19-5-6-20-12/h7-8H,4-6,15H2,1-3H3,(H,16,17). The highest BCUT2D eigenvalue weighted by molar-refractivity contribution is 5.99. The summed E-state index contributed by atoms with van der Waals surface area (Å²) < 4.78 is 16.2. The van der Waals surface area contributed by atoms with Gasteiger partial charge < -0.3 is 25.3 Å². The lowest BCUT2D eigenvalue weighted by Gasteiger charge is -2.26. The van der Waals surface area contributed by atoms with E-state index in [4.69, 9.17) is 19.9 Å². The van der Waals surface area contributed by atoms with Crippen molar-refractivity contribution in [3.63, 3.8) is 0 Å². The molecule has 1 aromatic carbocycles. The van der Waals surface area contributed by atoms with Crippen LogP contribution in [-0.2, 0) is 9.53 Å². The summed E-state index contributed by atoms with van der Waals surface area (Å²) in [5, 5.41) is 2.78. The maximum Gasteiger partial charge on any atom is 0.256 e. The molecule has 1 amide bonds. The number of nitrogen functional groups attached to an aromatic ring is 1. The number of benzene rings is 1. The highest BCUT2D eigenvalue weighted by Gasteiger charge is 2.31. The zero-order valence-electron chi connectivity index (χ0n) is 12.0. The summed E-state index contributed by atoms with van der Waals surface area (Å²) in [6.45, 7) is 4.59. The van der Waals surface area contributed by atoms with Crippen molar-refractivity contribution in [1.29, 1.82) is 0 Å². The maximum atomic E-state index is 12.3. The number of amides is 1. The van der Waals surface area contributed by atoms with E-state index in [-0.39, 0.29) is 5.91 Å². The molecule has 2 rings (SSSR count). The SMILES string of the molecule is CCC(C)(OC)C(=O)Nc1cc2c(cc1N)OCCO2. The summed E-state index contributed by atoms with van der Waals surface area (Å²) in [4.78, 5) is 12.3. The van der Waals surface area contributed by atoms with Crippen LogP contribution in [0.5, 0.6) is 11.5 Å². The van der Waals surface area contributed by atoms with E-state index in [1.807, 2.05) is 6.92 Å². The molecule has 0 spiro atoms. The van der Waals surface area contributed by atoms with Crippen LogP contribution < -0.4 is 20.5 Å². The molecule has 20 heavy (non-hydrogen) atoms. The van der Waals surface area contributed by atoms with E-state index in [9.17, 15) is 4.79 Å². The van der Waals surface area contributed by atoms with Gasteiger partial charge in [0.05, 0.1) is 11.4 Å². The largest absolute Gasteiger partial charge is 0.486 e. The first kappa shape index (κ1) is 14.5. The minimum Gasteiger partial charge on any atom is -0.486 e. The number of hydrogen-bond donors (Lipinski definition) is 2. The Morgan fingerprint density at radius 3 is 2.55 bits per heavy atom. The highest BCUT2D eigenvalue weighted by Crippen LogP contribution is 2.37. The number of nitrogens with one attached hydrogen (secondary N) is 1.